The number of hydrogen-bond donors (Lipinski definition) is 3. The van der Waals surface area contributed by atoms with Gasteiger partial charge in [0.15, 0.2) is 0 Å². The SMILES string of the molecule is CCC(C)(C)CNC(=O)NC(C)(CC)C(=O)O. The van der Waals surface area contributed by atoms with Gasteiger partial charge in [-0.1, -0.05) is 27.7 Å². The van der Waals surface area contributed by atoms with Crippen molar-refractivity contribution in [2.45, 2.75) is 53.0 Å². The Morgan fingerprint density at radius 2 is 1.65 bits per heavy atom. The van der Waals surface area contributed by atoms with E-state index in [0.29, 0.717) is 13.0 Å². The van der Waals surface area contributed by atoms with Gasteiger partial charge in [0.2, 0.25) is 0 Å². The first-order valence-electron chi connectivity index (χ1n) is 5.96. The van der Waals surface area contributed by atoms with Gasteiger partial charge in [0.1, 0.15) is 5.54 Å². The molecule has 0 saturated heterocycles. The highest BCUT2D eigenvalue weighted by molar-refractivity contribution is 5.85. The standard InChI is InChI=1S/C12H24N2O3/c1-6-11(3,4)8-13-10(17)14-12(5,7-2)9(15)16/h6-8H2,1-5H3,(H,15,16)(H2,13,14,17). The molecule has 0 aromatic carbocycles. The Hall–Kier alpha value is -1.26. The predicted molar refractivity (Wildman–Crippen MR) is 66.9 cm³/mol. The summed E-state index contributed by atoms with van der Waals surface area (Å²) in [4.78, 5) is 22.6. The monoisotopic (exact) mass is 244 g/mol. The van der Waals surface area contributed by atoms with Gasteiger partial charge in [-0.25, -0.2) is 9.59 Å². The van der Waals surface area contributed by atoms with Crippen molar-refractivity contribution < 1.29 is 14.7 Å². The molecule has 0 saturated carbocycles. The van der Waals surface area contributed by atoms with Crippen LogP contribution >= 0.6 is 0 Å². The molecule has 0 rings (SSSR count). The van der Waals surface area contributed by atoms with Gasteiger partial charge in [0, 0.05) is 6.54 Å². The van der Waals surface area contributed by atoms with Crippen LogP contribution in [0.25, 0.3) is 0 Å². The molecule has 0 aliphatic heterocycles. The normalized spacial score (nSPS) is 14.9. The summed E-state index contributed by atoms with van der Waals surface area (Å²) >= 11 is 0. The molecule has 100 valence electrons. The Bertz CT molecular complexity index is 289. The quantitative estimate of drug-likeness (QED) is 0.668. The van der Waals surface area contributed by atoms with Crippen LogP contribution in [0.15, 0.2) is 0 Å². The van der Waals surface area contributed by atoms with E-state index in [1.54, 1.807) is 6.92 Å². The number of aliphatic carboxylic acids is 1. The fraction of sp³-hybridized carbons (Fsp3) is 0.833. The van der Waals surface area contributed by atoms with E-state index in [9.17, 15) is 9.59 Å². The molecule has 5 nitrogen and oxygen atoms in total. The Balaban J connectivity index is 4.32. The Labute approximate surface area is 103 Å². The zero-order valence-corrected chi connectivity index (χ0v) is 11.4. The third kappa shape index (κ3) is 5.06. The molecule has 3 N–H and O–H groups in total. The van der Waals surface area contributed by atoms with Crippen molar-refractivity contribution in [3.8, 4) is 0 Å². The molecule has 0 aromatic heterocycles. The molecule has 1 atom stereocenters. The van der Waals surface area contributed by atoms with E-state index < -0.39 is 17.5 Å². The van der Waals surface area contributed by atoms with E-state index in [1.807, 2.05) is 20.8 Å². The van der Waals surface area contributed by atoms with Crippen LogP contribution in [0.4, 0.5) is 4.79 Å². The number of amides is 2. The van der Waals surface area contributed by atoms with Crippen LogP contribution in [-0.2, 0) is 4.79 Å². The summed E-state index contributed by atoms with van der Waals surface area (Å²) in [7, 11) is 0. The molecular weight excluding hydrogens is 220 g/mol. The first-order valence-corrected chi connectivity index (χ1v) is 5.96. The minimum atomic E-state index is -1.21. The molecule has 1 unspecified atom stereocenters. The highest BCUT2D eigenvalue weighted by Crippen LogP contribution is 2.17. The third-order valence-electron chi connectivity index (χ3n) is 3.25. The molecule has 0 spiro atoms. The van der Waals surface area contributed by atoms with Crippen molar-refractivity contribution in [2.24, 2.45) is 5.41 Å². The van der Waals surface area contributed by atoms with E-state index in [1.165, 1.54) is 6.92 Å². The van der Waals surface area contributed by atoms with Gasteiger partial charge in [0.05, 0.1) is 0 Å². The van der Waals surface area contributed by atoms with E-state index in [4.69, 9.17) is 5.11 Å². The lowest BCUT2D eigenvalue weighted by Gasteiger charge is -2.27. The van der Waals surface area contributed by atoms with E-state index in [-0.39, 0.29) is 5.41 Å². The lowest BCUT2D eigenvalue weighted by molar-refractivity contribution is -0.143. The molecule has 0 bridgehead atoms. The zero-order chi connectivity index (χ0) is 13.7. The smallest absolute Gasteiger partial charge is 0.329 e. The van der Waals surface area contributed by atoms with Crippen LogP contribution in [0, 0.1) is 5.41 Å². The Morgan fingerprint density at radius 1 is 1.12 bits per heavy atom. The lowest BCUT2D eigenvalue weighted by atomic mass is 9.90. The number of carbonyl (C=O) groups is 2. The van der Waals surface area contributed by atoms with Crippen LogP contribution in [0.1, 0.15) is 47.5 Å². The summed E-state index contributed by atoms with van der Waals surface area (Å²) in [5.74, 6) is -1.02. The zero-order valence-electron chi connectivity index (χ0n) is 11.4. The van der Waals surface area contributed by atoms with Crippen molar-refractivity contribution in [1.82, 2.24) is 10.6 Å². The number of urea groups is 1. The first-order chi connectivity index (χ1) is 7.67. The van der Waals surface area contributed by atoms with Crippen LogP contribution in [0.5, 0.6) is 0 Å². The van der Waals surface area contributed by atoms with Crippen LogP contribution < -0.4 is 10.6 Å². The van der Waals surface area contributed by atoms with Crippen molar-refractivity contribution >= 4 is 12.0 Å². The molecule has 0 radical (unpaired) electrons. The second-order valence-corrected chi connectivity index (χ2v) is 5.32. The number of nitrogens with one attached hydrogen (secondary N) is 2. The molecule has 2 amide bonds. The summed E-state index contributed by atoms with van der Waals surface area (Å²) in [5, 5.41) is 14.2. The van der Waals surface area contributed by atoms with Crippen molar-refractivity contribution in [3.63, 3.8) is 0 Å². The number of carboxylic acid groups (broad SMARTS) is 1. The maximum absolute atomic E-state index is 11.6. The summed E-state index contributed by atoms with van der Waals surface area (Å²) < 4.78 is 0. The van der Waals surface area contributed by atoms with Gasteiger partial charge < -0.3 is 15.7 Å². The number of carbonyl (C=O) groups excluding carboxylic acids is 1. The van der Waals surface area contributed by atoms with Crippen molar-refractivity contribution in [1.29, 1.82) is 0 Å². The highest BCUT2D eigenvalue weighted by Gasteiger charge is 2.32. The van der Waals surface area contributed by atoms with E-state index >= 15 is 0 Å². The van der Waals surface area contributed by atoms with Crippen LogP contribution in [-0.4, -0.2) is 29.2 Å². The average Bonchev–Trinajstić information content (AvgIpc) is 2.26. The van der Waals surface area contributed by atoms with Gasteiger partial charge in [-0.2, -0.15) is 0 Å². The summed E-state index contributed by atoms with van der Waals surface area (Å²) in [6.07, 6.45) is 1.28. The number of rotatable bonds is 6. The highest BCUT2D eigenvalue weighted by atomic mass is 16.4. The molecule has 0 aliphatic rings. The minimum Gasteiger partial charge on any atom is -0.480 e. The van der Waals surface area contributed by atoms with Crippen molar-refractivity contribution in [2.75, 3.05) is 6.54 Å². The minimum absolute atomic E-state index is 0.0170. The molecule has 0 aromatic rings. The van der Waals surface area contributed by atoms with Gasteiger partial charge >= 0.3 is 12.0 Å². The molecule has 0 aliphatic carbocycles. The Morgan fingerprint density at radius 3 is 2.00 bits per heavy atom. The summed E-state index contributed by atoms with van der Waals surface area (Å²) in [6.45, 7) is 9.89. The maximum atomic E-state index is 11.6. The Kier molecular flexibility index (Phi) is 5.45. The predicted octanol–water partition coefficient (Wildman–Crippen LogP) is 1.98. The topological polar surface area (TPSA) is 78.4 Å². The van der Waals surface area contributed by atoms with Gasteiger partial charge in [0.25, 0.3) is 0 Å². The summed E-state index contributed by atoms with van der Waals surface area (Å²) in [6, 6.07) is -0.432. The van der Waals surface area contributed by atoms with E-state index in [0.717, 1.165) is 6.42 Å². The number of carboxylic acids is 1. The van der Waals surface area contributed by atoms with Gasteiger partial charge in [-0.15, -0.1) is 0 Å². The van der Waals surface area contributed by atoms with Gasteiger partial charge in [-0.05, 0) is 25.2 Å². The molecule has 17 heavy (non-hydrogen) atoms. The molecule has 0 heterocycles. The average molecular weight is 244 g/mol. The summed E-state index contributed by atoms with van der Waals surface area (Å²) in [5.41, 5.74) is -1.19. The largest absolute Gasteiger partial charge is 0.480 e. The van der Waals surface area contributed by atoms with E-state index in [2.05, 4.69) is 10.6 Å². The van der Waals surface area contributed by atoms with Crippen molar-refractivity contribution in [3.05, 3.63) is 0 Å². The molecular formula is C12H24N2O3. The fourth-order valence-electron chi connectivity index (χ4n) is 1.03. The number of hydrogen-bond acceptors (Lipinski definition) is 2. The van der Waals surface area contributed by atoms with Gasteiger partial charge in [-0.3, -0.25) is 0 Å². The van der Waals surface area contributed by atoms with Crippen LogP contribution in [0.2, 0.25) is 0 Å². The second-order valence-electron chi connectivity index (χ2n) is 5.32. The molecule has 0 fully saturated rings. The second kappa shape index (κ2) is 5.89. The first kappa shape index (κ1) is 15.7. The van der Waals surface area contributed by atoms with Crippen LogP contribution in [0.3, 0.4) is 0 Å². The maximum Gasteiger partial charge on any atom is 0.329 e. The lowest BCUT2D eigenvalue weighted by Crippen LogP contribution is -2.55. The molecule has 5 heteroatoms. The fourth-order valence-corrected chi connectivity index (χ4v) is 1.03. The third-order valence-corrected chi connectivity index (χ3v) is 3.25.